The molecule has 2 N–H and O–H groups in total. The Morgan fingerprint density at radius 1 is 1.50 bits per heavy atom. The van der Waals surface area contributed by atoms with Crippen molar-refractivity contribution >= 4 is 44.3 Å². The molecule has 1 aromatic heterocycles. The van der Waals surface area contributed by atoms with Crippen LogP contribution in [0.4, 0.5) is 10.8 Å². The van der Waals surface area contributed by atoms with Gasteiger partial charge in [0.25, 0.3) is 0 Å². The molecule has 1 aromatic carbocycles. The van der Waals surface area contributed by atoms with Gasteiger partial charge >= 0.3 is 0 Å². The number of benzene rings is 1. The van der Waals surface area contributed by atoms with Crippen molar-refractivity contribution in [1.82, 2.24) is 4.98 Å². The van der Waals surface area contributed by atoms with E-state index in [1.165, 1.54) is 6.21 Å². The topological polar surface area (TPSA) is 48.8 Å². The SMILES string of the molecule is Cc1cnc(Nc2cc(Br)ccc2C=N)s1. The molecule has 2 aromatic rings. The minimum Gasteiger partial charge on any atom is -0.331 e. The number of hydrogen-bond acceptors (Lipinski definition) is 4. The Morgan fingerprint density at radius 3 is 2.94 bits per heavy atom. The van der Waals surface area contributed by atoms with Crippen molar-refractivity contribution in [1.29, 1.82) is 5.41 Å². The van der Waals surface area contributed by atoms with Crippen molar-refractivity contribution in [3.63, 3.8) is 0 Å². The quantitative estimate of drug-likeness (QED) is 0.842. The molecule has 0 radical (unpaired) electrons. The normalized spacial score (nSPS) is 10.1. The fraction of sp³-hybridized carbons (Fsp3) is 0.0909. The molecule has 2 rings (SSSR count). The summed E-state index contributed by atoms with van der Waals surface area (Å²) in [6.45, 7) is 2.02. The first kappa shape index (κ1) is 11.3. The first-order chi connectivity index (χ1) is 7.69. The molecule has 0 bridgehead atoms. The van der Waals surface area contributed by atoms with Crippen molar-refractivity contribution < 1.29 is 0 Å². The first-order valence-corrected chi connectivity index (χ1v) is 6.29. The van der Waals surface area contributed by atoms with Gasteiger partial charge in [-0.15, -0.1) is 11.3 Å². The van der Waals surface area contributed by atoms with Crippen LogP contribution in [0.1, 0.15) is 10.4 Å². The van der Waals surface area contributed by atoms with Gasteiger partial charge in [0.05, 0.1) is 5.69 Å². The molecule has 0 aliphatic rings. The molecule has 0 aliphatic heterocycles. The molecule has 16 heavy (non-hydrogen) atoms. The van der Waals surface area contributed by atoms with Gasteiger partial charge in [-0.2, -0.15) is 0 Å². The second kappa shape index (κ2) is 4.76. The Bertz CT molecular complexity index is 522. The molecule has 0 amide bonds. The van der Waals surface area contributed by atoms with E-state index < -0.39 is 0 Å². The highest BCUT2D eigenvalue weighted by molar-refractivity contribution is 9.10. The van der Waals surface area contributed by atoms with Crippen LogP contribution in [0.5, 0.6) is 0 Å². The van der Waals surface area contributed by atoms with Crippen LogP contribution in [0.25, 0.3) is 0 Å². The van der Waals surface area contributed by atoms with Gasteiger partial charge in [-0.05, 0) is 19.1 Å². The minimum atomic E-state index is 0.844. The van der Waals surface area contributed by atoms with Crippen LogP contribution in [0.15, 0.2) is 28.9 Å². The number of rotatable bonds is 3. The summed E-state index contributed by atoms with van der Waals surface area (Å²) in [4.78, 5) is 5.39. The maximum atomic E-state index is 7.33. The Morgan fingerprint density at radius 2 is 2.31 bits per heavy atom. The third kappa shape index (κ3) is 2.48. The van der Waals surface area contributed by atoms with E-state index >= 15 is 0 Å². The third-order valence-electron chi connectivity index (χ3n) is 2.03. The second-order valence-corrected chi connectivity index (χ2v) is 5.43. The highest BCUT2D eigenvalue weighted by Crippen LogP contribution is 2.26. The van der Waals surface area contributed by atoms with Crippen LogP contribution in [0, 0.1) is 12.3 Å². The van der Waals surface area contributed by atoms with Crippen molar-refractivity contribution in [3.05, 3.63) is 39.3 Å². The summed E-state index contributed by atoms with van der Waals surface area (Å²) < 4.78 is 0.980. The Balaban J connectivity index is 2.32. The zero-order valence-corrected chi connectivity index (χ0v) is 11.0. The van der Waals surface area contributed by atoms with Crippen molar-refractivity contribution in [2.24, 2.45) is 0 Å². The summed E-state index contributed by atoms with van der Waals surface area (Å²) in [6, 6.07) is 5.75. The standard InChI is InChI=1S/C11H10BrN3S/c1-7-6-14-11(16-7)15-10-4-9(12)3-2-8(10)5-13/h2-6,13H,1H3,(H,14,15). The monoisotopic (exact) mass is 295 g/mol. The summed E-state index contributed by atoms with van der Waals surface area (Å²) in [7, 11) is 0. The van der Waals surface area contributed by atoms with Gasteiger partial charge in [0.1, 0.15) is 0 Å². The van der Waals surface area contributed by atoms with E-state index in [1.807, 2.05) is 31.3 Å². The maximum Gasteiger partial charge on any atom is 0.187 e. The van der Waals surface area contributed by atoms with Crippen LogP contribution in [0.2, 0.25) is 0 Å². The van der Waals surface area contributed by atoms with Crippen LogP contribution in [0.3, 0.4) is 0 Å². The molecule has 0 unspecified atom stereocenters. The highest BCUT2D eigenvalue weighted by atomic mass is 79.9. The van der Waals surface area contributed by atoms with Gasteiger partial charge < -0.3 is 10.7 Å². The zero-order chi connectivity index (χ0) is 11.5. The second-order valence-electron chi connectivity index (χ2n) is 3.28. The van der Waals surface area contributed by atoms with Gasteiger partial charge in [0.2, 0.25) is 0 Å². The predicted molar refractivity (Wildman–Crippen MR) is 72.2 cm³/mol. The first-order valence-electron chi connectivity index (χ1n) is 4.68. The van der Waals surface area contributed by atoms with Crippen LogP contribution >= 0.6 is 27.3 Å². The van der Waals surface area contributed by atoms with Gasteiger partial charge in [-0.1, -0.05) is 22.0 Å². The molecular weight excluding hydrogens is 286 g/mol. The molecule has 0 fully saturated rings. The summed E-state index contributed by atoms with van der Waals surface area (Å²) >= 11 is 5.01. The van der Waals surface area contributed by atoms with Gasteiger partial charge in [0.15, 0.2) is 5.13 Å². The van der Waals surface area contributed by atoms with Gasteiger partial charge in [0, 0.05) is 27.3 Å². The molecule has 0 atom stereocenters. The van der Waals surface area contributed by atoms with Gasteiger partial charge in [-0.3, -0.25) is 0 Å². The van der Waals surface area contributed by atoms with E-state index in [0.29, 0.717) is 0 Å². The molecule has 0 spiro atoms. The maximum absolute atomic E-state index is 7.33. The Kier molecular flexibility index (Phi) is 3.36. The van der Waals surface area contributed by atoms with Crippen molar-refractivity contribution in [2.45, 2.75) is 6.92 Å². The summed E-state index contributed by atoms with van der Waals surface area (Å²) in [5.74, 6) is 0. The molecule has 3 nitrogen and oxygen atoms in total. The molecule has 5 heteroatoms. The lowest BCUT2D eigenvalue weighted by Crippen LogP contribution is -1.94. The van der Waals surface area contributed by atoms with Crippen molar-refractivity contribution in [3.8, 4) is 0 Å². The number of aryl methyl sites for hydroxylation is 1. The lowest BCUT2D eigenvalue weighted by Gasteiger charge is -2.06. The average Bonchev–Trinajstić information content (AvgIpc) is 2.64. The summed E-state index contributed by atoms with van der Waals surface area (Å²) in [6.07, 6.45) is 3.16. The number of aromatic nitrogens is 1. The minimum absolute atomic E-state index is 0.844. The van der Waals surface area contributed by atoms with Crippen LogP contribution in [-0.4, -0.2) is 11.2 Å². The number of anilines is 2. The predicted octanol–water partition coefficient (Wildman–Crippen LogP) is 3.96. The molecule has 1 heterocycles. The van der Waals surface area contributed by atoms with Crippen LogP contribution < -0.4 is 5.32 Å². The average molecular weight is 296 g/mol. The lowest BCUT2D eigenvalue weighted by molar-refractivity contribution is 1.36. The zero-order valence-electron chi connectivity index (χ0n) is 8.62. The largest absolute Gasteiger partial charge is 0.331 e. The van der Waals surface area contributed by atoms with Gasteiger partial charge in [-0.25, -0.2) is 4.98 Å². The van der Waals surface area contributed by atoms with Crippen LogP contribution in [-0.2, 0) is 0 Å². The smallest absolute Gasteiger partial charge is 0.187 e. The number of thiazole rings is 1. The number of nitrogens with zero attached hydrogens (tertiary/aromatic N) is 1. The Hall–Kier alpha value is -1.20. The fourth-order valence-corrected chi connectivity index (χ4v) is 2.33. The molecule has 0 saturated carbocycles. The van der Waals surface area contributed by atoms with E-state index in [-0.39, 0.29) is 0 Å². The Labute approximate surface area is 106 Å². The number of nitrogens with one attached hydrogen (secondary N) is 2. The fourth-order valence-electron chi connectivity index (χ4n) is 1.29. The van der Waals surface area contributed by atoms with E-state index in [0.717, 1.165) is 25.7 Å². The molecule has 0 aliphatic carbocycles. The highest BCUT2D eigenvalue weighted by Gasteiger charge is 2.04. The molecule has 0 saturated heterocycles. The van der Waals surface area contributed by atoms with E-state index in [4.69, 9.17) is 5.41 Å². The van der Waals surface area contributed by atoms with Crippen molar-refractivity contribution in [2.75, 3.05) is 5.32 Å². The third-order valence-corrected chi connectivity index (χ3v) is 3.36. The molecule has 82 valence electrons. The van der Waals surface area contributed by atoms with E-state index in [9.17, 15) is 0 Å². The van der Waals surface area contributed by atoms with E-state index in [1.54, 1.807) is 11.3 Å². The lowest BCUT2D eigenvalue weighted by atomic mass is 10.2. The number of hydrogen-bond donors (Lipinski definition) is 2. The van der Waals surface area contributed by atoms with E-state index in [2.05, 4.69) is 26.2 Å². The summed E-state index contributed by atoms with van der Waals surface area (Å²) in [5.41, 5.74) is 1.73. The number of halogens is 1. The summed E-state index contributed by atoms with van der Waals surface area (Å²) in [5, 5.41) is 11.4. The molecular formula is C11H10BrN3S.